The van der Waals surface area contributed by atoms with Gasteiger partial charge < -0.3 is 5.32 Å². The second-order valence-electron chi connectivity index (χ2n) is 9.95. The standard InChI is InChI=1S/C25H27N3OS/c1-16-6-8-19(9-7-16)24-11-17-10-18(12-24)14-25(13-17,15-24)28-22(29)27-23-26-20-4-2-3-5-21(20)30-23/h2-9,17-18H,10-15H2,1H3,(H2,26,27,28,29)/t17-,18-,24?,25?/m1/s1. The van der Waals surface area contributed by atoms with E-state index in [0.717, 1.165) is 41.3 Å². The Hall–Kier alpha value is -2.40. The monoisotopic (exact) mass is 417 g/mol. The van der Waals surface area contributed by atoms with E-state index in [1.54, 1.807) is 0 Å². The molecule has 5 heteroatoms. The summed E-state index contributed by atoms with van der Waals surface area (Å²) in [6.07, 6.45) is 7.17. The molecule has 1 heterocycles. The molecule has 7 rings (SSSR count). The predicted molar refractivity (Wildman–Crippen MR) is 122 cm³/mol. The fourth-order valence-corrected chi connectivity index (χ4v) is 7.81. The maximum Gasteiger partial charge on any atom is 0.321 e. The highest BCUT2D eigenvalue weighted by molar-refractivity contribution is 7.22. The maximum absolute atomic E-state index is 13.0. The van der Waals surface area contributed by atoms with E-state index in [9.17, 15) is 4.79 Å². The molecule has 0 saturated heterocycles. The Morgan fingerprint density at radius 2 is 1.77 bits per heavy atom. The van der Waals surface area contributed by atoms with E-state index in [0.29, 0.717) is 5.13 Å². The zero-order valence-electron chi connectivity index (χ0n) is 17.3. The van der Waals surface area contributed by atoms with Crippen molar-refractivity contribution in [3.63, 3.8) is 0 Å². The van der Waals surface area contributed by atoms with Crippen LogP contribution >= 0.6 is 11.3 Å². The Morgan fingerprint density at radius 3 is 2.50 bits per heavy atom. The molecule has 2 N–H and O–H groups in total. The molecule has 0 spiro atoms. The maximum atomic E-state index is 13.0. The van der Waals surface area contributed by atoms with Gasteiger partial charge in [0.15, 0.2) is 5.13 Å². The number of fused-ring (bicyclic) bond motifs is 1. The second kappa shape index (κ2) is 6.55. The molecular formula is C25H27N3OS. The lowest BCUT2D eigenvalue weighted by Gasteiger charge is -2.62. The number of rotatable bonds is 3. The minimum atomic E-state index is -0.102. The van der Waals surface area contributed by atoms with Gasteiger partial charge in [0.2, 0.25) is 0 Å². The number of amides is 2. The van der Waals surface area contributed by atoms with E-state index in [-0.39, 0.29) is 17.0 Å². The Labute approximate surface area is 181 Å². The molecule has 2 atom stereocenters. The van der Waals surface area contributed by atoms with Gasteiger partial charge in [-0.3, -0.25) is 5.32 Å². The van der Waals surface area contributed by atoms with Crippen LogP contribution in [0.5, 0.6) is 0 Å². The lowest BCUT2D eigenvalue weighted by molar-refractivity contribution is -0.0343. The van der Waals surface area contributed by atoms with Gasteiger partial charge in [-0.15, -0.1) is 0 Å². The van der Waals surface area contributed by atoms with Gasteiger partial charge in [-0.25, -0.2) is 9.78 Å². The van der Waals surface area contributed by atoms with Crippen molar-refractivity contribution in [1.82, 2.24) is 10.3 Å². The summed E-state index contributed by atoms with van der Waals surface area (Å²) in [7, 11) is 0. The van der Waals surface area contributed by atoms with Gasteiger partial charge in [0.1, 0.15) is 0 Å². The average Bonchev–Trinajstić information content (AvgIpc) is 3.08. The molecule has 1 aromatic heterocycles. The highest BCUT2D eigenvalue weighted by Gasteiger charge is 2.58. The lowest BCUT2D eigenvalue weighted by atomic mass is 9.45. The smallest absolute Gasteiger partial charge is 0.321 e. The predicted octanol–water partition coefficient (Wildman–Crippen LogP) is 6.02. The largest absolute Gasteiger partial charge is 0.332 e. The molecule has 4 saturated carbocycles. The van der Waals surface area contributed by atoms with Crippen LogP contribution in [0.1, 0.15) is 49.7 Å². The Balaban J connectivity index is 1.25. The van der Waals surface area contributed by atoms with Crippen molar-refractivity contribution in [1.29, 1.82) is 0 Å². The lowest BCUT2D eigenvalue weighted by Crippen LogP contribution is -2.64. The minimum Gasteiger partial charge on any atom is -0.332 e. The number of benzene rings is 2. The first-order chi connectivity index (χ1) is 14.5. The molecule has 4 bridgehead atoms. The van der Waals surface area contributed by atoms with Crippen molar-refractivity contribution in [2.75, 3.05) is 5.32 Å². The third-order valence-corrected chi connectivity index (χ3v) is 8.57. The van der Waals surface area contributed by atoms with Crippen molar-refractivity contribution < 1.29 is 4.79 Å². The number of aryl methyl sites for hydroxylation is 1. The summed E-state index contributed by atoms with van der Waals surface area (Å²) in [5.41, 5.74) is 3.86. The first-order valence-corrected chi connectivity index (χ1v) is 11.8. The van der Waals surface area contributed by atoms with Crippen molar-refractivity contribution in [3.05, 3.63) is 59.7 Å². The molecule has 0 radical (unpaired) electrons. The summed E-state index contributed by atoms with van der Waals surface area (Å²) in [6, 6.07) is 17.1. The van der Waals surface area contributed by atoms with Gasteiger partial charge in [0, 0.05) is 5.54 Å². The number of urea groups is 1. The van der Waals surface area contributed by atoms with Crippen LogP contribution in [0.3, 0.4) is 0 Å². The van der Waals surface area contributed by atoms with Crippen molar-refractivity contribution in [2.45, 2.75) is 56.4 Å². The zero-order valence-corrected chi connectivity index (χ0v) is 18.1. The van der Waals surface area contributed by atoms with E-state index >= 15 is 0 Å². The van der Waals surface area contributed by atoms with Crippen LogP contribution < -0.4 is 10.6 Å². The van der Waals surface area contributed by atoms with Crippen LogP contribution in [0.15, 0.2) is 48.5 Å². The fourth-order valence-electron chi connectivity index (χ4n) is 6.95. The molecule has 154 valence electrons. The van der Waals surface area contributed by atoms with Crippen LogP contribution in [0, 0.1) is 18.8 Å². The third kappa shape index (κ3) is 3.02. The number of carbonyl (C=O) groups is 1. The minimum absolute atomic E-state index is 0.0876. The molecule has 0 unspecified atom stereocenters. The van der Waals surface area contributed by atoms with Crippen LogP contribution in [-0.4, -0.2) is 16.6 Å². The van der Waals surface area contributed by atoms with Gasteiger partial charge in [-0.1, -0.05) is 53.3 Å². The Morgan fingerprint density at radius 1 is 1.03 bits per heavy atom. The van der Waals surface area contributed by atoms with Gasteiger partial charge in [0.05, 0.1) is 10.2 Å². The molecular weight excluding hydrogens is 390 g/mol. The number of hydrogen-bond acceptors (Lipinski definition) is 3. The highest BCUT2D eigenvalue weighted by Crippen LogP contribution is 2.62. The van der Waals surface area contributed by atoms with Crippen LogP contribution in [0.25, 0.3) is 10.2 Å². The number of carbonyl (C=O) groups excluding carboxylic acids is 1. The van der Waals surface area contributed by atoms with E-state index in [2.05, 4.69) is 46.8 Å². The third-order valence-electron chi connectivity index (χ3n) is 7.62. The normalized spacial score (nSPS) is 31.8. The topological polar surface area (TPSA) is 54.0 Å². The van der Waals surface area contributed by atoms with E-state index < -0.39 is 0 Å². The highest BCUT2D eigenvalue weighted by atomic mass is 32.1. The number of anilines is 1. The molecule has 2 aromatic carbocycles. The molecule has 2 amide bonds. The van der Waals surface area contributed by atoms with E-state index in [4.69, 9.17) is 0 Å². The quantitative estimate of drug-likeness (QED) is 0.548. The van der Waals surface area contributed by atoms with Gasteiger partial charge in [-0.05, 0) is 80.4 Å². The summed E-state index contributed by atoms with van der Waals surface area (Å²) in [5.74, 6) is 1.44. The number of para-hydroxylation sites is 1. The first-order valence-electron chi connectivity index (χ1n) is 11.0. The zero-order chi connectivity index (χ0) is 20.3. The van der Waals surface area contributed by atoms with Crippen molar-refractivity contribution >= 4 is 32.7 Å². The van der Waals surface area contributed by atoms with Crippen LogP contribution in [-0.2, 0) is 5.41 Å². The molecule has 4 nitrogen and oxygen atoms in total. The number of thiazole rings is 1. The molecule has 0 aliphatic heterocycles. The number of nitrogens with one attached hydrogen (secondary N) is 2. The molecule has 4 aliphatic carbocycles. The van der Waals surface area contributed by atoms with Crippen LogP contribution in [0.4, 0.5) is 9.93 Å². The summed E-state index contributed by atoms with van der Waals surface area (Å²) < 4.78 is 1.10. The summed E-state index contributed by atoms with van der Waals surface area (Å²) >= 11 is 1.53. The molecule has 30 heavy (non-hydrogen) atoms. The van der Waals surface area contributed by atoms with Crippen molar-refractivity contribution in [2.24, 2.45) is 11.8 Å². The molecule has 4 aliphatic rings. The first kappa shape index (κ1) is 18.4. The van der Waals surface area contributed by atoms with Crippen LogP contribution in [0.2, 0.25) is 0 Å². The Kier molecular flexibility index (Phi) is 4.01. The fraction of sp³-hybridized carbons (Fsp3) is 0.440. The molecule has 3 aromatic rings. The van der Waals surface area contributed by atoms with E-state index in [1.165, 1.54) is 41.7 Å². The Bertz CT molecular complexity index is 1070. The molecule has 4 fully saturated rings. The van der Waals surface area contributed by atoms with Crippen molar-refractivity contribution in [3.8, 4) is 0 Å². The number of aromatic nitrogens is 1. The summed E-state index contributed by atoms with van der Waals surface area (Å²) in [6.45, 7) is 2.15. The number of nitrogens with zero attached hydrogens (tertiary/aromatic N) is 1. The second-order valence-corrected chi connectivity index (χ2v) is 11.0. The SMILES string of the molecule is Cc1ccc(C23C[C@H]4C[C@@H](CC(NC(=O)Nc5nc6ccccc6s5)(C4)C2)C3)cc1. The van der Waals surface area contributed by atoms with Gasteiger partial charge in [-0.2, -0.15) is 0 Å². The summed E-state index contributed by atoms with van der Waals surface area (Å²) in [4.78, 5) is 17.6. The van der Waals surface area contributed by atoms with Gasteiger partial charge >= 0.3 is 6.03 Å². The van der Waals surface area contributed by atoms with E-state index in [1.807, 2.05) is 24.3 Å². The van der Waals surface area contributed by atoms with Gasteiger partial charge in [0.25, 0.3) is 0 Å². The summed E-state index contributed by atoms with van der Waals surface area (Å²) in [5, 5.41) is 7.14. The average molecular weight is 418 g/mol. The number of hydrogen-bond donors (Lipinski definition) is 2.